The lowest BCUT2D eigenvalue weighted by Gasteiger charge is -2.25. The van der Waals surface area contributed by atoms with Gasteiger partial charge in [-0.2, -0.15) is 0 Å². The number of carbonyl (C=O) groups excluding carboxylic acids is 2. The molecule has 8 heteroatoms. The zero-order valence-electron chi connectivity index (χ0n) is 18.9. The summed E-state index contributed by atoms with van der Waals surface area (Å²) in [5, 5.41) is 12.1. The molecule has 2 N–H and O–H groups in total. The van der Waals surface area contributed by atoms with Crippen LogP contribution in [0.5, 0.6) is 11.5 Å². The molecule has 4 aromatic rings. The van der Waals surface area contributed by atoms with Gasteiger partial charge < -0.3 is 19.6 Å². The van der Waals surface area contributed by atoms with Crippen molar-refractivity contribution in [1.82, 2.24) is 4.98 Å². The quantitative estimate of drug-likeness (QED) is 0.244. The van der Waals surface area contributed by atoms with Crippen molar-refractivity contribution in [2.75, 3.05) is 19.1 Å². The van der Waals surface area contributed by atoms with Crippen LogP contribution in [-0.4, -0.2) is 36.0 Å². The maximum Gasteiger partial charge on any atom is 0.300 e. The van der Waals surface area contributed by atoms with Gasteiger partial charge in [-0.25, -0.2) is 4.39 Å². The molecular weight excluding hydrogens is 451 g/mol. The van der Waals surface area contributed by atoms with Crippen LogP contribution < -0.4 is 14.4 Å². The number of aliphatic hydroxyl groups excluding tert-OH is 1. The van der Waals surface area contributed by atoms with E-state index >= 15 is 0 Å². The molecule has 0 bridgehead atoms. The Morgan fingerprint density at radius 3 is 2.40 bits per heavy atom. The van der Waals surface area contributed by atoms with Gasteiger partial charge >= 0.3 is 0 Å². The van der Waals surface area contributed by atoms with E-state index in [-0.39, 0.29) is 16.9 Å². The van der Waals surface area contributed by atoms with Gasteiger partial charge in [0.1, 0.15) is 11.6 Å². The Balaban J connectivity index is 1.76. The second-order valence-electron chi connectivity index (χ2n) is 8.00. The molecule has 1 aliphatic rings. The van der Waals surface area contributed by atoms with Crippen molar-refractivity contribution in [3.8, 4) is 11.5 Å². The van der Waals surface area contributed by atoms with E-state index in [0.29, 0.717) is 22.7 Å². The van der Waals surface area contributed by atoms with Crippen molar-refractivity contribution in [3.63, 3.8) is 0 Å². The molecule has 1 atom stereocenters. The predicted octanol–water partition coefficient (Wildman–Crippen LogP) is 4.95. The van der Waals surface area contributed by atoms with E-state index in [1.807, 2.05) is 24.3 Å². The summed E-state index contributed by atoms with van der Waals surface area (Å²) >= 11 is 0. The third-order valence-electron chi connectivity index (χ3n) is 6.12. The predicted molar refractivity (Wildman–Crippen MR) is 129 cm³/mol. The standard InChI is InChI=1S/C27H21FN2O5/c1-34-21-12-7-15(13-22(21)35-2)25(31)23-24(19-14-29-20-6-4-3-5-18(19)20)30(27(33)26(23)32)17-10-8-16(28)9-11-17/h3-14,24,29,31H,1-2H3/b25-23+. The summed E-state index contributed by atoms with van der Waals surface area (Å²) in [7, 11) is 2.95. The highest BCUT2D eigenvalue weighted by Crippen LogP contribution is 2.44. The average molecular weight is 472 g/mol. The number of aliphatic hydroxyl groups is 1. The van der Waals surface area contributed by atoms with Crippen LogP contribution in [0.15, 0.2) is 78.5 Å². The maximum absolute atomic E-state index is 13.6. The van der Waals surface area contributed by atoms with E-state index in [0.717, 1.165) is 10.9 Å². The lowest BCUT2D eigenvalue weighted by Crippen LogP contribution is -2.29. The van der Waals surface area contributed by atoms with Gasteiger partial charge in [-0.3, -0.25) is 14.5 Å². The number of ether oxygens (including phenoxy) is 2. The zero-order chi connectivity index (χ0) is 24.7. The summed E-state index contributed by atoms with van der Waals surface area (Å²) in [6.45, 7) is 0. The van der Waals surface area contributed by atoms with Gasteiger partial charge in [0, 0.05) is 33.9 Å². The highest BCUT2D eigenvalue weighted by atomic mass is 19.1. The van der Waals surface area contributed by atoms with Crippen LogP contribution in [0.3, 0.4) is 0 Å². The molecule has 0 spiro atoms. The zero-order valence-corrected chi connectivity index (χ0v) is 18.9. The number of benzene rings is 3. The van der Waals surface area contributed by atoms with Crippen LogP contribution in [0.2, 0.25) is 0 Å². The molecule has 1 amide bonds. The Hall–Kier alpha value is -4.59. The van der Waals surface area contributed by atoms with Crippen molar-refractivity contribution in [2.45, 2.75) is 6.04 Å². The summed E-state index contributed by atoms with van der Waals surface area (Å²) in [4.78, 5) is 31.1. The number of fused-ring (bicyclic) bond motifs is 1. The first-order valence-corrected chi connectivity index (χ1v) is 10.8. The normalized spacial score (nSPS) is 17.2. The molecule has 1 aromatic heterocycles. The Labute approximate surface area is 200 Å². The molecule has 0 radical (unpaired) electrons. The minimum Gasteiger partial charge on any atom is -0.507 e. The van der Waals surface area contributed by atoms with E-state index in [1.54, 1.807) is 18.3 Å². The number of ketones is 1. The molecule has 5 rings (SSSR count). The van der Waals surface area contributed by atoms with Gasteiger partial charge in [-0.1, -0.05) is 18.2 Å². The summed E-state index contributed by atoms with van der Waals surface area (Å²) in [5.74, 6) is -1.70. The molecule has 176 valence electrons. The van der Waals surface area contributed by atoms with Gasteiger partial charge in [-0.15, -0.1) is 0 Å². The number of aromatic amines is 1. The molecule has 0 saturated carbocycles. The average Bonchev–Trinajstić information content (AvgIpc) is 3.42. The molecule has 1 fully saturated rings. The number of aromatic nitrogens is 1. The Morgan fingerprint density at radius 1 is 0.971 bits per heavy atom. The first-order valence-electron chi connectivity index (χ1n) is 10.8. The lowest BCUT2D eigenvalue weighted by atomic mass is 9.94. The van der Waals surface area contributed by atoms with Gasteiger partial charge in [0.25, 0.3) is 11.7 Å². The van der Waals surface area contributed by atoms with Gasteiger partial charge in [0.15, 0.2) is 11.5 Å². The third kappa shape index (κ3) is 3.59. The topological polar surface area (TPSA) is 91.9 Å². The molecule has 1 saturated heterocycles. The van der Waals surface area contributed by atoms with Gasteiger partial charge in [0.05, 0.1) is 25.8 Å². The molecule has 3 aromatic carbocycles. The molecule has 7 nitrogen and oxygen atoms in total. The highest BCUT2D eigenvalue weighted by Gasteiger charge is 2.47. The number of hydrogen-bond donors (Lipinski definition) is 2. The molecule has 1 unspecified atom stereocenters. The Bertz CT molecular complexity index is 1490. The maximum atomic E-state index is 13.6. The number of carbonyl (C=O) groups is 2. The van der Waals surface area contributed by atoms with E-state index in [9.17, 15) is 19.1 Å². The largest absolute Gasteiger partial charge is 0.507 e. The summed E-state index contributed by atoms with van der Waals surface area (Å²) in [6.07, 6.45) is 1.71. The third-order valence-corrected chi connectivity index (χ3v) is 6.12. The minimum atomic E-state index is -0.954. The fraction of sp³-hybridized carbons (Fsp3) is 0.111. The Morgan fingerprint density at radius 2 is 1.69 bits per heavy atom. The monoisotopic (exact) mass is 472 g/mol. The van der Waals surface area contributed by atoms with Crippen molar-refractivity contribution in [1.29, 1.82) is 0 Å². The number of H-pyrrole nitrogens is 1. The van der Waals surface area contributed by atoms with Crippen molar-refractivity contribution >= 4 is 34.0 Å². The fourth-order valence-corrected chi connectivity index (χ4v) is 4.45. The van der Waals surface area contributed by atoms with Crippen molar-refractivity contribution < 1.29 is 28.6 Å². The summed E-state index contributed by atoms with van der Waals surface area (Å²) in [5.41, 5.74) is 1.94. The van der Waals surface area contributed by atoms with Crippen LogP contribution in [0.4, 0.5) is 10.1 Å². The fourth-order valence-electron chi connectivity index (χ4n) is 4.45. The lowest BCUT2D eigenvalue weighted by molar-refractivity contribution is -0.132. The van der Waals surface area contributed by atoms with Crippen molar-refractivity contribution in [3.05, 3.63) is 95.4 Å². The number of halogens is 1. The highest BCUT2D eigenvalue weighted by molar-refractivity contribution is 6.51. The number of anilines is 1. The first kappa shape index (κ1) is 22.2. The number of Topliss-reactive ketones (excluding diaryl/α,β-unsaturated/α-hetero) is 1. The number of methoxy groups -OCH3 is 2. The molecule has 1 aliphatic heterocycles. The first-order chi connectivity index (χ1) is 16.9. The second kappa shape index (κ2) is 8.64. The van der Waals surface area contributed by atoms with Crippen molar-refractivity contribution in [2.24, 2.45) is 0 Å². The van der Waals surface area contributed by atoms with Gasteiger partial charge in [-0.05, 0) is 48.5 Å². The number of para-hydroxylation sites is 1. The van der Waals surface area contributed by atoms with Gasteiger partial charge in [0.2, 0.25) is 0 Å². The SMILES string of the molecule is COc1ccc(/C(O)=C2\C(=O)C(=O)N(c3ccc(F)cc3)C2c2c[nH]c3ccccc23)cc1OC. The summed E-state index contributed by atoms with van der Waals surface area (Å²) in [6, 6.07) is 16.5. The number of nitrogens with one attached hydrogen (secondary N) is 1. The molecule has 2 heterocycles. The number of rotatable bonds is 5. The molecule has 35 heavy (non-hydrogen) atoms. The second-order valence-corrected chi connectivity index (χ2v) is 8.00. The van der Waals surface area contributed by atoms with Crippen LogP contribution in [-0.2, 0) is 9.59 Å². The smallest absolute Gasteiger partial charge is 0.300 e. The summed E-state index contributed by atoms with van der Waals surface area (Å²) < 4.78 is 24.2. The Kier molecular flexibility index (Phi) is 5.49. The molecular formula is C27H21FN2O5. The van der Waals surface area contributed by atoms with Crippen LogP contribution in [0.25, 0.3) is 16.7 Å². The van der Waals surface area contributed by atoms with Crippen LogP contribution >= 0.6 is 0 Å². The number of amides is 1. The molecule has 0 aliphatic carbocycles. The van der Waals surface area contributed by atoms with E-state index in [1.165, 1.54) is 49.5 Å². The minimum absolute atomic E-state index is 0.0868. The van der Waals surface area contributed by atoms with E-state index < -0.39 is 23.5 Å². The van der Waals surface area contributed by atoms with Crippen LogP contribution in [0, 0.1) is 5.82 Å². The van der Waals surface area contributed by atoms with E-state index in [2.05, 4.69) is 4.98 Å². The number of nitrogens with zero attached hydrogens (tertiary/aromatic N) is 1. The van der Waals surface area contributed by atoms with E-state index in [4.69, 9.17) is 9.47 Å². The van der Waals surface area contributed by atoms with Crippen LogP contribution in [0.1, 0.15) is 17.2 Å². The number of hydrogen-bond acceptors (Lipinski definition) is 5.